The monoisotopic (exact) mass is 164 g/mol. The lowest BCUT2D eigenvalue weighted by molar-refractivity contribution is 0.627. The van der Waals surface area contributed by atoms with Crippen molar-refractivity contribution in [2.24, 2.45) is 0 Å². The molecular weight excluding hydrogens is 151 g/mol. The van der Waals surface area contributed by atoms with Gasteiger partial charge in [-0.25, -0.2) is 4.39 Å². The predicted octanol–water partition coefficient (Wildman–Crippen LogP) is 3.64. The predicted molar refractivity (Wildman–Crippen MR) is 50.3 cm³/mol. The lowest BCUT2D eigenvalue weighted by Gasteiger charge is -1.99. The molecule has 0 spiro atoms. The number of hydrogen-bond acceptors (Lipinski definition) is 0. The van der Waals surface area contributed by atoms with Crippen LogP contribution in [-0.2, 0) is 0 Å². The van der Waals surface area contributed by atoms with Crippen molar-refractivity contribution in [2.75, 3.05) is 0 Å². The highest BCUT2D eigenvalue weighted by atomic mass is 19.1. The minimum atomic E-state index is -0.178. The molecule has 12 heavy (non-hydrogen) atoms. The first-order valence-electron chi connectivity index (χ1n) is 4.16. The van der Waals surface area contributed by atoms with Crippen LogP contribution in [0.25, 0.3) is 5.57 Å². The fraction of sp³-hybridized carbons (Fsp3) is 0.273. The van der Waals surface area contributed by atoms with Crippen molar-refractivity contribution in [3.63, 3.8) is 0 Å². The van der Waals surface area contributed by atoms with E-state index in [1.54, 1.807) is 12.1 Å². The topological polar surface area (TPSA) is 0 Å². The standard InChI is InChI=1S/C11H13F/c1-3-4-9(2)10-5-7-11(12)8-6-10/h4-8H,3H2,1-2H3. The van der Waals surface area contributed by atoms with Crippen LogP contribution < -0.4 is 0 Å². The summed E-state index contributed by atoms with van der Waals surface area (Å²) >= 11 is 0. The molecule has 0 nitrogen and oxygen atoms in total. The van der Waals surface area contributed by atoms with Crippen molar-refractivity contribution in [1.82, 2.24) is 0 Å². The molecule has 0 radical (unpaired) electrons. The molecule has 0 aromatic heterocycles. The van der Waals surface area contributed by atoms with E-state index >= 15 is 0 Å². The Morgan fingerprint density at radius 2 is 1.92 bits per heavy atom. The lowest BCUT2D eigenvalue weighted by atomic mass is 10.1. The van der Waals surface area contributed by atoms with E-state index in [2.05, 4.69) is 13.0 Å². The van der Waals surface area contributed by atoms with E-state index in [9.17, 15) is 4.39 Å². The van der Waals surface area contributed by atoms with Crippen LogP contribution in [0, 0.1) is 5.82 Å². The summed E-state index contributed by atoms with van der Waals surface area (Å²) in [7, 11) is 0. The van der Waals surface area contributed by atoms with E-state index in [0.717, 1.165) is 12.0 Å². The summed E-state index contributed by atoms with van der Waals surface area (Å²) in [5.41, 5.74) is 2.30. The molecule has 0 aliphatic rings. The zero-order valence-electron chi connectivity index (χ0n) is 7.47. The normalized spacial score (nSPS) is 11.8. The van der Waals surface area contributed by atoms with Crippen LogP contribution >= 0.6 is 0 Å². The van der Waals surface area contributed by atoms with Crippen molar-refractivity contribution in [3.05, 3.63) is 41.7 Å². The minimum Gasteiger partial charge on any atom is -0.207 e. The summed E-state index contributed by atoms with van der Waals surface area (Å²) in [5, 5.41) is 0. The van der Waals surface area contributed by atoms with Gasteiger partial charge >= 0.3 is 0 Å². The van der Waals surface area contributed by atoms with Crippen LogP contribution in [0.5, 0.6) is 0 Å². The summed E-state index contributed by atoms with van der Waals surface area (Å²) in [6.07, 6.45) is 3.15. The zero-order valence-corrected chi connectivity index (χ0v) is 7.47. The Kier molecular flexibility index (Phi) is 3.03. The van der Waals surface area contributed by atoms with E-state index in [-0.39, 0.29) is 5.82 Å². The molecule has 0 saturated carbocycles. The fourth-order valence-corrected chi connectivity index (χ4v) is 1.14. The molecule has 0 fully saturated rings. The Balaban J connectivity index is 2.89. The van der Waals surface area contributed by atoms with Crippen LogP contribution in [0.15, 0.2) is 30.3 Å². The van der Waals surface area contributed by atoms with Gasteiger partial charge in [-0.05, 0) is 36.6 Å². The number of rotatable bonds is 2. The average molecular weight is 164 g/mol. The summed E-state index contributed by atoms with van der Waals surface area (Å²) < 4.78 is 12.5. The fourth-order valence-electron chi connectivity index (χ4n) is 1.14. The van der Waals surface area contributed by atoms with Gasteiger partial charge < -0.3 is 0 Å². The van der Waals surface area contributed by atoms with Crippen LogP contribution in [-0.4, -0.2) is 0 Å². The SMILES string of the molecule is CCC=C(C)c1ccc(F)cc1. The van der Waals surface area contributed by atoms with E-state index < -0.39 is 0 Å². The van der Waals surface area contributed by atoms with Crippen molar-refractivity contribution in [2.45, 2.75) is 20.3 Å². The maximum absolute atomic E-state index is 12.5. The molecule has 1 rings (SSSR count). The van der Waals surface area contributed by atoms with Gasteiger partial charge in [-0.3, -0.25) is 0 Å². The third-order valence-corrected chi connectivity index (χ3v) is 1.81. The van der Waals surface area contributed by atoms with Crippen LogP contribution in [0.3, 0.4) is 0 Å². The molecular formula is C11H13F. The van der Waals surface area contributed by atoms with Gasteiger partial charge in [-0.15, -0.1) is 0 Å². The highest BCUT2D eigenvalue weighted by Crippen LogP contribution is 2.14. The molecule has 1 aromatic rings. The third kappa shape index (κ3) is 2.19. The van der Waals surface area contributed by atoms with Gasteiger partial charge in [0, 0.05) is 0 Å². The Bertz CT molecular complexity index is 270. The molecule has 0 bridgehead atoms. The van der Waals surface area contributed by atoms with Crippen molar-refractivity contribution < 1.29 is 4.39 Å². The number of hydrogen-bond donors (Lipinski definition) is 0. The molecule has 1 aromatic carbocycles. The maximum Gasteiger partial charge on any atom is 0.123 e. The van der Waals surface area contributed by atoms with E-state index in [0.29, 0.717) is 0 Å². The molecule has 0 heterocycles. The van der Waals surface area contributed by atoms with Crippen LogP contribution in [0.1, 0.15) is 25.8 Å². The van der Waals surface area contributed by atoms with Crippen molar-refractivity contribution >= 4 is 5.57 Å². The van der Waals surface area contributed by atoms with Crippen LogP contribution in [0.2, 0.25) is 0 Å². The molecule has 0 saturated heterocycles. The van der Waals surface area contributed by atoms with E-state index in [4.69, 9.17) is 0 Å². The molecule has 0 amide bonds. The number of allylic oxidation sites excluding steroid dienone is 2. The smallest absolute Gasteiger partial charge is 0.123 e. The average Bonchev–Trinajstić information content (AvgIpc) is 2.06. The summed E-state index contributed by atoms with van der Waals surface area (Å²) in [6, 6.07) is 6.58. The van der Waals surface area contributed by atoms with Crippen LogP contribution in [0.4, 0.5) is 4.39 Å². The van der Waals surface area contributed by atoms with E-state index in [1.165, 1.54) is 17.7 Å². The lowest BCUT2D eigenvalue weighted by Crippen LogP contribution is -1.79. The molecule has 0 atom stereocenters. The summed E-state index contributed by atoms with van der Waals surface area (Å²) in [5.74, 6) is -0.178. The second-order valence-corrected chi connectivity index (χ2v) is 2.80. The summed E-state index contributed by atoms with van der Waals surface area (Å²) in [6.45, 7) is 4.13. The highest BCUT2D eigenvalue weighted by molar-refractivity contribution is 5.63. The molecule has 0 unspecified atom stereocenters. The molecule has 0 N–H and O–H groups in total. The molecule has 0 aliphatic carbocycles. The zero-order chi connectivity index (χ0) is 8.97. The van der Waals surface area contributed by atoms with Gasteiger partial charge in [0.25, 0.3) is 0 Å². The Labute approximate surface area is 72.7 Å². The first-order valence-corrected chi connectivity index (χ1v) is 4.16. The second-order valence-electron chi connectivity index (χ2n) is 2.80. The van der Waals surface area contributed by atoms with Gasteiger partial charge in [-0.1, -0.05) is 25.1 Å². The largest absolute Gasteiger partial charge is 0.207 e. The van der Waals surface area contributed by atoms with Gasteiger partial charge in [0.05, 0.1) is 0 Å². The van der Waals surface area contributed by atoms with Gasteiger partial charge in [0.1, 0.15) is 5.82 Å². The molecule has 64 valence electrons. The van der Waals surface area contributed by atoms with Gasteiger partial charge in [0.15, 0.2) is 0 Å². The number of benzene rings is 1. The molecule has 1 heteroatoms. The third-order valence-electron chi connectivity index (χ3n) is 1.81. The van der Waals surface area contributed by atoms with E-state index in [1.807, 2.05) is 6.92 Å². The van der Waals surface area contributed by atoms with Gasteiger partial charge in [-0.2, -0.15) is 0 Å². The number of halogens is 1. The Hall–Kier alpha value is -1.11. The second kappa shape index (κ2) is 4.05. The Morgan fingerprint density at radius 3 is 2.42 bits per heavy atom. The summed E-state index contributed by atoms with van der Waals surface area (Å²) in [4.78, 5) is 0. The van der Waals surface area contributed by atoms with Crippen molar-refractivity contribution in [3.8, 4) is 0 Å². The minimum absolute atomic E-state index is 0.178. The maximum atomic E-state index is 12.5. The van der Waals surface area contributed by atoms with Gasteiger partial charge in [0.2, 0.25) is 0 Å². The van der Waals surface area contributed by atoms with Crippen molar-refractivity contribution in [1.29, 1.82) is 0 Å². The first-order chi connectivity index (χ1) is 5.74. The Morgan fingerprint density at radius 1 is 1.33 bits per heavy atom. The highest BCUT2D eigenvalue weighted by Gasteiger charge is 1.94. The quantitative estimate of drug-likeness (QED) is 0.626. The molecule has 0 aliphatic heterocycles. The first kappa shape index (κ1) is 8.98.